The smallest absolute Gasteiger partial charge is 0.314 e. The lowest BCUT2D eigenvalue weighted by Gasteiger charge is -2.30. The molecule has 8 heteroatoms. The Morgan fingerprint density at radius 2 is 2.02 bits per heavy atom. The van der Waals surface area contributed by atoms with E-state index in [4.69, 9.17) is 9.47 Å². The van der Waals surface area contributed by atoms with E-state index in [1.807, 2.05) is 32.2 Å². The first-order chi connectivity index (χ1) is 19.5. The van der Waals surface area contributed by atoms with Crippen molar-refractivity contribution in [2.75, 3.05) is 6.54 Å². The van der Waals surface area contributed by atoms with Crippen LogP contribution in [0.5, 0.6) is 5.75 Å². The molecule has 0 saturated carbocycles. The highest BCUT2D eigenvalue weighted by Gasteiger charge is 2.33. The Labute approximate surface area is 233 Å². The topological polar surface area (TPSA) is 86.5 Å². The highest BCUT2D eigenvalue weighted by Crippen LogP contribution is 2.42. The summed E-state index contributed by atoms with van der Waals surface area (Å²) in [6, 6.07) is 19.2. The van der Waals surface area contributed by atoms with E-state index >= 15 is 0 Å². The van der Waals surface area contributed by atoms with E-state index in [1.54, 1.807) is 4.68 Å². The fourth-order valence-corrected chi connectivity index (χ4v) is 6.46. The standard InChI is InChI=1S/C32H34N4O4/c1-4-24-18-36(17-23-7-5-6-8-30(23)40-24)28-13-11-21-9-10-22(15-27(21)28)26(16-31(38)39-19-37)25-12-14-29-32(20(25)2)33-34-35(29)3/h5-10,12,14-15,19,24,26,28H,4,11,13,16-18H2,1-3H3/t24-,26?,28?/m1/s1. The van der Waals surface area contributed by atoms with E-state index in [2.05, 4.69) is 58.5 Å². The van der Waals surface area contributed by atoms with Gasteiger partial charge in [0.1, 0.15) is 17.4 Å². The number of benzene rings is 3. The number of fused-ring (bicyclic) bond motifs is 3. The molecule has 6 rings (SSSR count). The molecule has 3 aromatic carbocycles. The van der Waals surface area contributed by atoms with Gasteiger partial charge in [-0.3, -0.25) is 14.5 Å². The normalized spacial score (nSPS) is 19.4. The number of hydrogen-bond acceptors (Lipinski definition) is 7. The van der Waals surface area contributed by atoms with Crippen molar-refractivity contribution < 1.29 is 19.1 Å². The SMILES string of the molecule is CC[C@@H]1CN(C2CCc3ccc(C(CC(=O)OC=O)c4ccc5c(nnn5C)c4C)cc32)Cc2ccccc2O1. The monoisotopic (exact) mass is 538 g/mol. The van der Waals surface area contributed by atoms with Crippen LogP contribution in [0.25, 0.3) is 11.0 Å². The number of carbonyl (C=O) groups is 2. The highest BCUT2D eigenvalue weighted by molar-refractivity contribution is 5.81. The number of aryl methyl sites for hydroxylation is 3. The molecule has 4 aromatic rings. The van der Waals surface area contributed by atoms with Crippen molar-refractivity contribution in [2.24, 2.45) is 7.05 Å². The van der Waals surface area contributed by atoms with E-state index in [1.165, 1.54) is 16.7 Å². The largest absolute Gasteiger partial charge is 0.489 e. The molecule has 2 heterocycles. The summed E-state index contributed by atoms with van der Waals surface area (Å²) in [6.45, 7) is 6.09. The zero-order chi connectivity index (χ0) is 27.8. The third-order valence-electron chi connectivity index (χ3n) is 8.60. The predicted octanol–water partition coefficient (Wildman–Crippen LogP) is 5.16. The highest BCUT2D eigenvalue weighted by atomic mass is 16.6. The van der Waals surface area contributed by atoms with E-state index in [0.29, 0.717) is 0 Å². The van der Waals surface area contributed by atoms with Crippen molar-refractivity contribution in [2.45, 2.75) is 64.1 Å². The van der Waals surface area contributed by atoms with Gasteiger partial charge in [0.05, 0.1) is 11.9 Å². The Bertz CT molecular complexity index is 1580. The minimum absolute atomic E-state index is 0.0532. The summed E-state index contributed by atoms with van der Waals surface area (Å²) in [5.74, 6) is 0.136. The molecule has 2 unspecified atom stereocenters. The van der Waals surface area contributed by atoms with Gasteiger partial charge >= 0.3 is 12.4 Å². The number of nitrogens with zero attached hydrogens (tertiary/aromatic N) is 4. The number of ether oxygens (including phenoxy) is 2. The summed E-state index contributed by atoms with van der Waals surface area (Å²) < 4.78 is 12.9. The summed E-state index contributed by atoms with van der Waals surface area (Å²) in [5.41, 5.74) is 8.57. The number of aromatic nitrogens is 3. The zero-order valence-electron chi connectivity index (χ0n) is 23.2. The third-order valence-corrected chi connectivity index (χ3v) is 8.60. The molecular weight excluding hydrogens is 504 g/mol. The maximum absolute atomic E-state index is 12.6. The first-order valence-electron chi connectivity index (χ1n) is 14.0. The summed E-state index contributed by atoms with van der Waals surface area (Å²) >= 11 is 0. The van der Waals surface area contributed by atoms with Crippen LogP contribution in [0.4, 0.5) is 0 Å². The van der Waals surface area contributed by atoms with Gasteiger partial charge in [0.15, 0.2) is 0 Å². The van der Waals surface area contributed by atoms with Gasteiger partial charge in [0, 0.05) is 37.7 Å². The quantitative estimate of drug-likeness (QED) is 0.183. The van der Waals surface area contributed by atoms with Crippen LogP contribution < -0.4 is 4.74 Å². The first-order valence-corrected chi connectivity index (χ1v) is 14.0. The van der Waals surface area contributed by atoms with Crippen molar-refractivity contribution in [3.8, 4) is 5.75 Å². The summed E-state index contributed by atoms with van der Waals surface area (Å²) in [5, 5.41) is 8.54. The molecule has 0 fully saturated rings. The molecule has 206 valence electrons. The third kappa shape index (κ3) is 4.77. The van der Waals surface area contributed by atoms with E-state index < -0.39 is 5.97 Å². The van der Waals surface area contributed by atoms with Crippen LogP contribution in [0.1, 0.15) is 71.5 Å². The Balaban J connectivity index is 1.39. The van der Waals surface area contributed by atoms with E-state index in [0.717, 1.165) is 65.8 Å². The Kier molecular flexibility index (Phi) is 7.11. The molecule has 2 aliphatic rings. The number of para-hydroxylation sites is 1. The zero-order valence-corrected chi connectivity index (χ0v) is 23.2. The molecule has 0 amide bonds. The summed E-state index contributed by atoms with van der Waals surface area (Å²) in [4.78, 5) is 26.2. The molecule has 1 aromatic heterocycles. The second-order valence-electron chi connectivity index (χ2n) is 10.9. The maximum atomic E-state index is 12.6. The summed E-state index contributed by atoms with van der Waals surface area (Å²) in [7, 11) is 1.86. The van der Waals surface area contributed by atoms with E-state index in [9.17, 15) is 9.59 Å². The van der Waals surface area contributed by atoms with Crippen LogP contribution in [0.3, 0.4) is 0 Å². The minimum Gasteiger partial charge on any atom is -0.489 e. The maximum Gasteiger partial charge on any atom is 0.314 e. The van der Waals surface area contributed by atoms with Crippen LogP contribution in [-0.4, -0.2) is 45.0 Å². The molecule has 40 heavy (non-hydrogen) atoms. The average molecular weight is 539 g/mol. The fraction of sp³-hybridized carbons (Fsp3) is 0.375. The molecular formula is C32H34N4O4. The molecule has 3 atom stereocenters. The molecule has 0 radical (unpaired) electrons. The predicted molar refractivity (Wildman–Crippen MR) is 151 cm³/mol. The van der Waals surface area contributed by atoms with Crippen LogP contribution in [0, 0.1) is 6.92 Å². The lowest BCUT2D eigenvalue weighted by Crippen LogP contribution is -2.34. The van der Waals surface area contributed by atoms with Crippen LogP contribution in [0.15, 0.2) is 54.6 Å². The molecule has 1 aliphatic heterocycles. The second-order valence-corrected chi connectivity index (χ2v) is 10.9. The molecule has 8 nitrogen and oxygen atoms in total. The van der Waals surface area contributed by atoms with Gasteiger partial charge in [-0.2, -0.15) is 0 Å². The Hall–Kier alpha value is -4.04. The number of carbonyl (C=O) groups excluding carboxylic acids is 2. The molecule has 0 spiro atoms. The molecule has 1 aliphatic carbocycles. The van der Waals surface area contributed by atoms with Gasteiger partial charge in [-0.15, -0.1) is 5.10 Å². The van der Waals surface area contributed by atoms with Gasteiger partial charge in [-0.25, -0.2) is 4.68 Å². The molecule has 0 bridgehead atoms. The van der Waals surface area contributed by atoms with Crippen LogP contribution in [-0.2, 0) is 34.3 Å². The first kappa shape index (κ1) is 26.2. The minimum atomic E-state index is -0.553. The van der Waals surface area contributed by atoms with Gasteiger partial charge in [-0.1, -0.05) is 54.6 Å². The van der Waals surface area contributed by atoms with Crippen molar-refractivity contribution in [1.29, 1.82) is 0 Å². The van der Waals surface area contributed by atoms with Crippen molar-refractivity contribution in [3.63, 3.8) is 0 Å². The summed E-state index contributed by atoms with van der Waals surface area (Å²) in [6.07, 6.45) is 3.17. The number of esters is 1. The lowest BCUT2D eigenvalue weighted by molar-refractivity contribution is -0.151. The van der Waals surface area contributed by atoms with Gasteiger partial charge in [0.25, 0.3) is 0 Å². The van der Waals surface area contributed by atoms with Crippen molar-refractivity contribution >= 4 is 23.5 Å². The van der Waals surface area contributed by atoms with Gasteiger partial charge in [-0.05, 0) is 66.1 Å². The Morgan fingerprint density at radius 3 is 2.85 bits per heavy atom. The fourth-order valence-electron chi connectivity index (χ4n) is 6.46. The second kappa shape index (κ2) is 10.8. The number of rotatable bonds is 7. The van der Waals surface area contributed by atoms with E-state index in [-0.39, 0.29) is 31.0 Å². The van der Waals surface area contributed by atoms with Gasteiger partial charge < -0.3 is 9.47 Å². The van der Waals surface area contributed by atoms with Crippen LogP contribution >= 0.6 is 0 Å². The van der Waals surface area contributed by atoms with Crippen LogP contribution in [0.2, 0.25) is 0 Å². The molecule has 0 N–H and O–H groups in total. The van der Waals surface area contributed by atoms with Gasteiger partial charge in [0.2, 0.25) is 0 Å². The van der Waals surface area contributed by atoms with Crippen molar-refractivity contribution in [3.05, 3.63) is 88.0 Å². The molecule has 0 saturated heterocycles. The lowest BCUT2D eigenvalue weighted by atomic mass is 9.84. The Morgan fingerprint density at radius 1 is 1.18 bits per heavy atom. The number of hydrogen-bond donors (Lipinski definition) is 0. The van der Waals surface area contributed by atoms with Crippen molar-refractivity contribution in [1.82, 2.24) is 19.9 Å². The average Bonchev–Trinajstić information content (AvgIpc) is 3.50.